The van der Waals surface area contributed by atoms with Crippen LogP contribution < -0.4 is 62.2 Å². The molecule has 8 nitrogen and oxygen atoms in total. The summed E-state index contributed by atoms with van der Waals surface area (Å²) >= 11 is 0. The molecule has 3 rings (SSSR count). The molecule has 1 aliphatic rings. The molecule has 0 fully saturated rings. The van der Waals surface area contributed by atoms with Crippen LogP contribution in [0.1, 0.15) is 31.7 Å². The molecule has 1 heterocycles. The second kappa shape index (κ2) is 9.20. The molecule has 28 heavy (non-hydrogen) atoms. The number of ketones is 1. The van der Waals surface area contributed by atoms with Crippen LogP contribution in [-0.4, -0.2) is 20.2 Å². The first-order valence-electron chi connectivity index (χ1n) is 8.95. The number of hydrogen-bond acceptors (Lipinski definition) is 8. The fourth-order valence-electron chi connectivity index (χ4n) is 2.23. The van der Waals surface area contributed by atoms with E-state index in [4.69, 9.17) is 14.6 Å². The average molecular weight is 430 g/mol. The van der Waals surface area contributed by atoms with Gasteiger partial charge in [0.1, 0.15) is 5.70 Å². The number of nitrogens with two attached hydrogens (primary N) is 1. The predicted molar refractivity (Wildman–Crippen MR) is 91.0 cm³/mol. The second-order valence-corrected chi connectivity index (χ2v) is 6.60. The fraction of sp³-hybridized carbons (Fsp3) is 0.111. The minimum atomic E-state index is -5.09. The minimum absolute atomic E-state index is 0. The van der Waals surface area contributed by atoms with Gasteiger partial charge in [0.15, 0.2) is 6.08 Å². The molecular formula is C18H14KNO7S. The number of carboxylic acids is 1. The number of carbonyl (C=O) groups is 2. The quantitative estimate of drug-likeness (QED) is 0.388. The van der Waals surface area contributed by atoms with E-state index in [2.05, 4.69) is 4.18 Å². The molecule has 0 aromatic heterocycles. The first-order chi connectivity index (χ1) is 13.9. The summed E-state index contributed by atoms with van der Waals surface area (Å²) in [6.07, 6.45) is -2.54. The normalized spacial score (nSPS) is 21.0. The molecule has 140 valence electrons. The fourth-order valence-corrected chi connectivity index (χ4v) is 3.07. The van der Waals surface area contributed by atoms with E-state index in [0.717, 1.165) is 24.3 Å². The van der Waals surface area contributed by atoms with Gasteiger partial charge in [0, 0.05) is 5.56 Å². The van der Waals surface area contributed by atoms with Crippen LogP contribution in [0.3, 0.4) is 0 Å². The summed E-state index contributed by atoms with van der Waals surface area (Å²) in [5, 5.41) is 10.8. The van der Waals surface area contributed by atoms with Crippen LogP contribution in [0.15, 0.2) is 66.2 Å². The van der Waals surface area contributed by atoms with Gasteiger partial charge in [-0.1, -0.05) is 54.6 Å². The Balaban J connectivity index is 0.00000341. The van der Waals surface area contributed by atoms with Gasteiger partial charge in [0.2, 0.25) is 17.4 Å². The monoisotopic (exact) mass is 430 g/mol. The number of benzene rings is 2. The zero-order valence-electron chi connectivity index (χ0n) is 17.5. The Hall–Kier alpha value is -1.69. The minimum Gasteiger partial charge on any atom is -0.545 e. The number of aromatic carboxylic acids is 1. The Morgan fingerprint density at radius 2 is 1.82 bits per heavy atom. The third kappa shape index (κ3) is 5.22. The molecule has 2 aromatic rings. The van der Waals surface area contributed by atoms with Crippen LogP contribution in [0.4, 0.5) is 0 Å². The topological polar surface area (TPSA) is 136 Å². The maximum Gasteiger partial charge on any atom is 1.00 e. The summed E-state index contributed by atoms with van der Waals surface area (Å²) in [4.78, 5) is 23.5. The smallest absolute Gasteiger partial charge is 0.545 e. The molecule has 0 bridgehead atoms. The average Bonchev–Trinajstić information content (AvgIpc) is 2.92. The van der Waals surface area contributed by atoms with Crippen molar-refractivity contribution >= 4 is 21.9 Å². The molecule has 0 spiro atoms. The molecule has 10 heteroatoms. The molecule has 1 atom stereocenters. The summed E-state index contributed by atoms with van der Waals surface area (Å²) in [6, 6.07) is 11.2. The largest absolute Gasteiger partial charge is 1.00 e. The third-order valence-corrected chi connectivity index (χ3v) is 4.31. The first kappa shape index (κ1) is 18.3. The Morgan fingerprint density at radius 3 is 2.39 bits per heavy atom. The number of ether oxygens (including phenoxy) is 1. The molecule has 2 N–H and O–H groups in total. The molecular weight excluding hydrogens is 413 g/mol. The van der Waals surface area contributed by atoms with Crippen molar-refractivity contribution in [2.24, 2.45) is 5.73 Å². The van der Waals surface area contributed by atoms with Gasteiger partial charge >= 0.3 is 61.5 Å². The molecule has 1 aliphatic heterocycles. The van der Waals surface area contributed by atoms with Crippen molar-refractivity contribution in [3.05, 3.63) is 82.9 Å². The summed E-state index contributed by atoms with van der Waals surface area (Å²) in [6.45, 7) is 0. The zero-order valence-corrected chi connectivity index (χ0v) is 18.5. The van der Waals surface area contributed by atoms with E-state index >= 15 is 0 Å². The van der Waals surface area contributed by atoms with E-state index in [1.54, 1.807) is 6.07 Å². The summed E-state index contributed by atoms with van der Waals surface area (Å²) in [7, 11) is -5.09. The van der Waals surface area contributed by atoms with Crippen LogP contribution in [0, 0.1) is 0 Å². The van der Waals surface area contributed by atoms with E-state index in [1.807, 2.05) is 0 Å². The van der Waals surface area contributed by atoms with Gasteiger partial charge in [-0.05, 0) is 11.1 Å². The van der Waals surface area contributed by atoms with Crippen LogP contribution in [-0.2, 0) is 29.5 Å². The van der Waals surface area contributed by atoms with Gasteiger partial charge in [0.05, 0.1) is 10.1 Å². The van der Waals surface area contributed by atoms with Crippen molar-refractivity contribution in [1.29, 1.82) is 0 Å². The van der Waals surface area contributed by atoms with Crippen LogP contribution in [0.2, 0.25) is 0 Å². The van der Waals surface area contributed by atoms with Crippen molar-refractivity contribution < 1.29 is 87.5 Å². The van der Waals surface area contributed by atoms with Gasteiger partial charge in [-0.3, -0.25) is 4.79 Å². The molecule has 0 radical (unpaired) electrons. The Kier molecular flexibility index (Phi) is 6.03. The number of rotatable bonds is 6. The van der Waals surface area contributed by atoms with Crippen LogP contribution in [0.5, 0.6) is 0 Å². The second-order valence-electron chi connectivity index (χ2n) is 5.32. The van der Waals surface area contributed by atoms with Crippen molar-refractivity contribution in [2.45, 2.75) is 11.8 Å². The van der Waals surface area contributed by atoms with E-state index < -0.39 is 45.3 Å². The standard InChI is InChI=1S/C18H15NO7S.K/c19-17-16(26-27(23,24)10-11-4-2-1-3-5-11)14(20)15(25-17)12-6-8-13(9-7-12)18(21)22;/h1-9,15H,10,19H2,(H,21,22);/q;+1/p-1/t15-;/m1./s1/i10D2,15D;. The first-order valence-corrected chi connectivity index (χ1v) is 8.86. The molecule has 0 saturated carbocycles. The van der Waals surface area contributed by atoms with Crippen LogP contribution in [0.25, 0.3) is 0 Å². The van der Waals surface area contributed by atoms with E-state index in [9.17, 15) is 23.1 Å². The van der Waals surface area contributed by atoms with Gasteiger partial charge in [-0.15, -0.1) is 0 Å². The zero-order chi connectivity index (χ0) is 22.3. The Bertz CT molecular complexity index is 1150. The predicted octanol–water partition coefficient (Wildman–Crippen LogP) is -2.63. The van der Waals surface area contributed by atoms with E-state index in [0.29, 0.717) is 0 Å². The van der Waals surface area contributed by atoms with Crippen molar-refractivity contribution in [3.63, 3.8) is 0 Å². The van der Waals surface area contributed by atoms with Gasteiger partial charge < -0.3 is 24.6 Å². The maximum absolute atomic E-state index is 12.7. The number of carbonyl (C=O) groups excluding carboxylic acids is 2. The van der Waals surface area contributed by atoms with Crippen molar-refractivity contribution in [3.8, 4) is 0 Å². The summed E-state index contributed by atoms with van der Waals surface area (Å²) in [5.74, 6) is -4.65. The van der Waals surface area contributed by atoms with Gasteiger partial charge in [0.25, 0.3) is 0 Å². The SMILES string of the molecule is [2H]C([2H])(c1ccccc1)S(=O)(=O)OC1=C(N)O[C@]([2H])(c2ccc(C(=O)[O-])cc2)C1=O.[K+]. The summed E-state index contributed by atoms with van der Waals surface area (Å²) < 4.78 is 58.9. The molecule has 0 unspecified atom stereocenters. The molecule has 0 aliphatic carbocycles. The number of Topliss-reactive ketones (excluding diaryl/α,β-unsaturated/α-hetero) is 1. The van der Waals surface area contributed by atoms with E-state index in [-0.39, 0.29) is 68.1 Å². The van der Waals surface area contributed by atoms with Gasteiger partial charge in [-0.25, -0.2) is 0 Å². The number of carboxylic acid groups (broad SMARTS) is 1. The third-order valence-electron chi connectivity index (χ3n) is 3.44. The molecule has 0 amide bonds. The molecule has 0 saturated heterocycles. The summed E-state index contributed by atoms with van der Waals surface area (Å²) in [5.41, 5.74) is 1.90. The van der Waals surface area contributed by atoms with Crippen LogP contribution >= 0.6 is 0 Å². The van der Waals surface area contributed by atoms with Crippen molar-refractivity contribution in [1.82, 2.24) is 0 Å². The number of hydrogen-bond donors (Lipinski definition) is 1. The van der Waals surface area contributed by atoms with Gasteiger partial charge in [-0.2, -0.15) is 8.42 Å². The van der Waals surface area contributed by atoms with Crippen molar-refractivity contribution in [2.75, 3.05) is 0 Å². The van der Waals surface area contributed by atoms with E-state index in [1.165, 1.54) is 24.3 Å². The Labute approximate surface area is 208 Å². The molecule has 2 aromatic carbocycles. The maximum atomic E-state index is 12.7. The Morgan fingerprint density at radius 1 is 1.21 bits per heavy atom.